The van der Waals surface area contributed by atoms with Crippen LogP contribution in [0.5, 0.6) is 17.2 Å². The van der Waals surface area contributed by atoms with Crippen molar-refractivity contribution in [2.45, 2.75) is 0 Å². The van der Waals surface area contributed by atoms with E-state index < -0.39 is 17.2 Å². The molecule has 3 rings (SSSR count). The highest BCUT2D eigenvalue weighted by atomic mass is 31.2. The Morgan fingerprint density at radius 1 is 0.462 bits per heavy atom. The second-order valence-corrected chi connectivity index (χ2v) is 6.24. The van der Waals surface area contributed by atoms with Crippen molar-refractivity contribution in [3.05, 3.63) is 91.0 Å². The minimum Gasteiger partial charge on any atom is -0.409 e. The number of rotatable bonds is 6. The fraction of sp³-hybridized carbons (Fsp3) is 0. The van der Waals surface area contributed by atoms with Crippen LogP contribution in [-0.2, 0) is 0 Å². The van der Waals surface area contributed by atoms with Crippen molar-refractivity contribution in [3.63, 3.8) is 0 Å². The van der Waals surface area contributed by atoms with Crippen LogP contribution < -0.4 is 13.6 Å². The zero-order valence-electron chi connectivity index (χ0n) is 13.6. The second kappa shape index (κ2) is 11.4. The predicted octanol–water partition coefficient (Wildman–Crippen LogP) is 4.64. The molecule has 0 aliphatic carbocycles. The number of benzene rings is 3. The molecule has 0 bridgehead atoms. The zero-order valence-corrected chi connectivity index (χ0v) is 15.4. The van der Waals surface area contributed by atoms with E-state index in [0.29, 0.717) is 17.2 Å². The molecular formula is C18H18O6P2. The molecule has 3 aromatic carbocycles. The number of hydrogen-bond donors (Lipinski definition) is 3. The van der Waals surface area contributed by atoms with Crippen LogP contribution in [0.3, 0.4) is 0 Å². The van der Waals surface area contributed by atoms with E-state index in [1.54, 1.807) is 0 Å². The molecule has 3 aromatic rings. The van der Waals surface area contributed by atoms with Crippen LogP contribution in [0.1, 0.15) is 0 Å². The fourth-order valence-corrected chi connectivity index (χ4v) is 2.75. The van der Waals surface area contributed by atoms with Crippen LogP contribution in [0.4, 0.5) is 0 Å². The summed E-state index contributed by atoms with van der Waals surface area (Å²) in [4.78, 5) is 21.7. The topological polar surface area (TPSA) is 88.4 Å². The van der Waals surface area contributed by atoms with Crippen molar-refractivity contribution < 1.29 is 28.3 Å². The lowest BCUT2D eigenvalue weighted by Gasteiger charge is -2.17. The Balaban J connectivity index is 0.000000552. The Hall–Kier alpha value is -2.20. The van der Waals surface area contributed by atoms with Crippen LogP contribution in [-0.4, -0.2) is 14.7 Å². The first-order chi connectivity index (χ1) is 12.6. The van der Waals surface area contributed by atoms with Crippen molar-refractivity contribution in [3.8, 4) is 17.2 Å². The Morgan fingerprint density at radius 2 is 0.692 bits per heavy atom. The molecule has 8 heteroatoms. The number of para-hydroxylation sites is 3. The molecule has 0 spiro atoms. The summed E-state index contributed by atoms with van der Waals surface area (Å²) in [5, 5.41) is 0. The van der Waals surface area contributed by atoms with Crippen LogP contribution in [0.25, 0.3) is 0 Å². The largest absolute Gasteiger partial charge is 0.530 e. The van der Waals surface area contributed by atoms with Gasteiger partial charge in [-0.2, -0.15) is 0 Å². The molecule has 0 radical (unpaired) electrons. The standard InChI is InChI=1S/C18H15O3P.H3O3P/c1-4-10-16(11-5-1)19-22(20-17-12-6-2-7-13-17)21-18-14-8-3-9-15-18;1-4(2)3/h1-15H;1-3H. The smallest absolute Gasteiger partial charge is 0.409 e. The van der Waals surface area contributed by atoms with E-state index in [1.165, 1.54) is 0 Å². The number of hydrogen-bond acceptors (Lipinski definition) is 6. The SMILES string of the molecule is OP(O)O.c1ccc(OP(Oc2ccccc2)Oc2ccccc2)cc1. The molecule has 0 aromatic heterocycles. The highest BCUT2D eigenvalue weighted by Gasteiger charge is 2.19. The molecule has 3 N–H and O–H groups in total. The maximum Gasteiger partial charge on any atom is 0.530 e. The van der Waals surface area contributed by atoms with Crippen LogP contribution >= 0.6 is 17.2 Å². The molecule has 0 amide bonds. The molecule has 0 saturated heterocycles. The van der Waals surface area contributed by atoms with E-state index in [0.717, 1.165) is 0 Å². The predicted molar refractivity (Wildman–Crippen MR) is 102 cm³/mol. The molecule has 136 valence electrons. The Bertz CT molecular complexity index is 627. The fourth-order valence-electron chi connectivity index (χ4n) is 1.76. The van der Waals surface area contributed by atoms with Gasteiger partial charge < -0.3 is 28.3 Å². The first kappa shape index (κ1) is 20.1. The molecule has 0 fully saturated rings. The maximum atomic E-state index is 7.23. The minimum atomic E-state index is -2.62. The second-order valence-electron chi connectivity index (χ2n) is 4.70. The van der Waals surface area contributed by atoms with Crippen LogP contribution in [0, 0.1) is 0 Å². The summed E-state index contributed by atoms with van der Waals surface area (Å²) < 4.78 is 17.5. The van der Waals surface area contributed by atoms with Crippen molar-refractivity contribution in [2.75, 3.05) is 0 Å². The normalized spacial score (nSPS) is 10.0. The molecule has 0 unspecified atom stereocenters. The third-order valence-corrected chi connectivity index (χ3v) is 3.85. The summed E-state index contributed by atoms with van der Waals surface area (Å²) in [6.07, 6.45) is 0. The first-order valence-corrected chi connectivity index (χ1v) is 9.79. The van der Waals surface area contributed by atoms with E-state index in [9.17, 15) is 0 Å². The summed E-state index contributed by atoms with van der Waals surface area (Å²) in [7, 11) is -4.21. The average Bonchev–Trinajstić information content (AvgIpc) is 2.64. The highest BCUT2D eigenvalue weighted by molar-refractivity contribution is 7.43. The van der Waals surface area contributed by atoms with Gasteiger partial charge in [-0.3, -0.25) is 0 Å². The van der Waals surface area contributed by atoms with Gasteiger partial charge in [0, 0.05) is 0 Å². The van der Waals surface area contributed by atoms with Crippen LogP contribution in [0.2, 0.25) is 0 Å². The Labute approximate surface area is 154 Å². The summed E-state index contributed by atoms with van der Waals surface area (Å²) in [5.41, 5.74) is 0. The molecular weight excluding hydrogens is 374 g/mol. The van der Waals surface area contributed by atoms with Gasteiger partial charge in [-0.25, -0.2) is 0 Å². The third kappa shape index (κ3) is 8.26. The van der Waals surface area contributed by atoms with E-state index in [-0.39, 0.29) is 0 Å². The lowest BCUT2D eigenvalue weighted by Crippen LogP contribution is -2.02. The third-order valence-electron chi connectivity index (χ3n) is 2.77. The molecule has 26 heavy (non-hydrogen) atoms. The van der Waals surface area contributed by atoms with Gasteiger partial charge in [-0.1, -0.05) is 54.6 Å². The van der Waals surface area contributed by atoms with Gasteiger partial charge in [0.25, 0.3) is 0 Å². The van der Waals surface area contributed by atoms with E-state index in [4.69, 9.17) is 28.3 Å². The van der Waals surface area contributed by atoms with E-state index in [2.05, 4.69) is 0 Å². The molecule has 0 saturated carbocycles. The van der Waals surface area contributed by atoms with Gasteiger partial charge in [0.2, 0.25) is 0 Å². The van der Waals surface area contributed by atoms with Crippen LogP contribution in [0.15, 0.2) is 91.0 Å². The quantitative estimate of drug-likeness (QED) is 0.530. The first-order valence-electron chi connectivity index (χ1n) is 7.49. The average molecular weight is 392 g/mol. The van der Waals surface area contributed by atoms with Gasteiger partial charge in [-0.15, -0.1) is 0 Å². The van der Waals surface area contributed by atoms with Crippen molar-refractivity contribution >= 4 is 17.2 Å². The molecule has 0 heterocycles. The summed E-state index contributed by atoms with van der Waals surface area (Å²) >= 11 is 0. The lowest BCUT2D eigenvalue weighted by atomic mass is 10.3. The van der Waals surface area contributed by atoms with Crippen molar-refractivity contribution in [1.29, 1.82) is 0 Å². The van der Waals surface area contributed by atoms with Gasteiger partial charge >= 0.3 is 17.2 Å². The minimum absolute atomic E-state index is 0.709. The molecule has 0 atom stereocenters. The zero-order chi connectivity index (χ0) is 18.6. The Kier molecular flexibility index (Phi) is 8.84. The van der Waals surface area contributed by atoms with Crippen molar-refractivity contribution in [1.82, 2.24) is 0 Å². The summed E-state index contributed by atoms with van der Waals surface area (Å²) in [6, 6.07) is 28.5. The van der Waals surface area contributed by atoms with Crippen molar-refractivity contribution in [2.24, 2.45) is 0 Å². The molecule has 0 aliphatic rings. The van der Waals surface area contributed by atoms with Gasteiger partial charge in [-0.05, 0) is 36.4 Å². The van der Waals surface area contributed by atoms with Gasteiger partial charge in [0.1, 0.15) is 17.2 Å². The van der Waals surface area contributed by atoms with E-state index in [1.807, 2.05) is 91.0 Å². The van der Waals surface area contributed by atoms with E-state index >= 15 is 0 Å². The van der Waals surface area contributed by atoms with Gasteiger partial charge in [0.15, 0.2) is 0 Å². The summed E-state index contributed by atoms with van der Waals surface area (Å²) in [5.74, 6) is 2.13. The summed E-state index contributed by atoms with van der Waals surface area (Å²) in [6.45, 7) is 0. The van der Waals surface area contributed by atoms with Gasteiger partial charge in [0.05, 0.1) is 0 Å². The lowest BCUT2D eigenvalue weighted by molar-refractivity contribution is 0.368. The maximum absolute atomic E-state index is 7.23. The highest BCUT2D eigenvalue weighted by Crippen LogP contribution is 2.41. The molecule has 6 nitrogen and oxygen atoms in total. The molecule has 0 aliphatic heterocycles. The monoisotopic (exact) mass is 392 g/mol. The Morgan fingerprint density at radius 3 is 0.923 bits per heavy atom.